The zero-order chi connectivity index (χ0) is 14.8. The number of nitrogens with one attached hydrogen (secondary N) is 1. The minimum Gasteiger partial charge on any atom is -0.338 e. The molecule has 0 saturated carbocycles. The molecular formula is C16H19N5. The van der Waals surface area contributed by atoms with Gasteiger partial charge in [-0.1, -0.05) is 32.0 Å². The molecule has 5 heteroatoms. The second-order valence-electron chi connectivity index (χ2n) is 5.32. The number of hydrogen-bond acceptors (Lipinski definition) is 4. The summed E-state index contributed by atoms with van der Waals surface area (Å²) < 4.78 is 1.86. The van der Waals surface area contributed by atoms with Crippen molar-refractivity contribution in [2.24, 2.45) is 5.73 Å². The summed E-state index contributed by atoms with van der Waals surface area (Å²) in [4.78, 5) is 4.44. The van der Waals surface area contributed by atoms with Gasteiger partial charge in [-0.05, 0) is 23.6 Å². The van der Waals surface area contributed by atoms with Gasteiger partial charge in [0, 0.05) is 24.6 Å². The minimum absolute atomic E-state index is 0.383. The van der Waals surface area contributed by atoms with Crippen LogP contribution in [0.3, 0.4) is 0 Å². The van der Waals surface area contributed by atoms with Crippen LogP contribution in [-0.2, 0) is 6.54 Å². The normalized spacial score (nSPS) is 11.2. The Morgan fingerprint density at radius 1 is 1.29 bits per heavy atom. The van der Waals surface area contributed by atoms with Gasteiger partial charge in [-0.15, -0.1) is 0 Å². The lowest BCUT2D eigenvalue weighted by molar-refractivity contribution is 0.787. The van der Waals surface area contributed by atoms with Crippen LogP contribution in [0.1, 0.15) is 31.0 Å². The Morgan fingerprint density at radius 3 is 2.86 bits per heavy atom. The fraction of sp³-hybridized carbons (Fsp3) is 0.250. The Bertz CT molecular complexity index is 760. The summed E-state index contributed by atoms with van der Waals surface area (Å²) >= 11 is 0. The number of fused-ring (bicyclic) bond motifs is 1. The van der Waals surface area contributed by atoms with E-state index in [1.165, 1.54) is 0 Å². The Kier molecular flexibility index (Phi) is 3.58. The maximum Gasteiger partial charge on any atom is 0.156 e. The van der Waals surface area contributed by atoms with E-state index >= 15 is 0 Å². The fourth-order valence-electron chi connectivity index (χ4n) is 2.27. The van der Waals surface area contributed by atoms with Gasteiger partial charge in [-0.3, -0.25) is 0 Å². The van der Waals surface area contributed by atoms with Crippen LogP contribution < -0.4 is 11.1 Å². The fourth-order valence-corrected chi connectivity index (χ4v) is 2.27. The van der Waals surface area contributed by atoms with Crippen molar-refractivity contribution in [3.63, 3.8) is 0 Å². The number of anilines is 2. The molecule has 2 aromatic heterocycles. The Hall–Kier alpha value is -2.40. The topological polar surface area (TPSA) is 68.2 Å². The lowest BCUT2D eigenvalue weighted by Gasteiger charge is -2.10. The van der Waals surface area contributed by atoms with E-state index in [4.69, 9.17) is 5.73 Å². The number of hydrogen-bond donors (Lipinski definition) is 2. The van der Waals surface area contributed by atoms with E-state index in [0.717, 1.165) is 28.3 Å². The average molecular weight is 281 g/mol. The number of nitrogens with zero attached hydrogens (tertiary/aromatic N) is 3. The molecule has 0 fully saturated rings. The first-order chi connectivity index (χ1) is 10.2. The standard InChI is InChI=1S/C16H19N5/c1-11(2)14-9-15-16(18-7-8-21(15)20-14)19-13-6-4-3-5-12(13)10-17/h3-9,11H,10,17H2,1-2H3,(H,18,19). The van der Waals surface area contributed by atoms with Crippen LogP contribution in [-0.4, -0.2) is 14.6 Å². The molecule has 0 unspecified atom stereocenters. The molecule has 5 nitrogen and oxygen atoms in total. The molecule has 0 bridgehead atoms. The quantitative estimate of drug-likeness (QED) is 0.771. The summed E-state index contributed by atoms with van der Waals surface area (Å²) in [5, 5.41) is 7.94. The molecule has 0 aliphatic carbocycles. The minimum atomic E-state index is 0.383. The zero-order valence-corrected chi connectivity index (χ0v) is 12.2. The van der Waals surface area contributed by atoms with Crippen molar-refractivity contribution in [3.8, 4) is 0 Å². The van der Waals surface area contributed by atoms with Crippen LogP contribution >= 0.6 is 0 Å². The van der Waals surface area contributed by atoms with Crippen molar-refractivity contribution in [2.45, 2.75) is 26.3 Å². The predicted octanol–water partition coefficient (Wildman–Crippen LogP) is 3.06. The molecule has 0 aliphatic heterocycles. The van der Waals surface area contributed by atoms with E-state index in [1.54, 1.807) is 6.20 Å². The van der Waals surface area contributed by atoms with Crippen LogP contribution in [0.4, 0.5) is 11.5 Å². The molecule has 0 radical (unpaired) electrons. The lowest BCUT2D eigenvalue weighted by atomic mass is 10.1. The summed E-state index contributed by atoms with van der Waals surface area (Å²) in [5.74, 6) is 1.17. The summed E-state index contributed by atoms with van der Waals surface area (Å²) in [6, 6.07) is 10.1. The lowest BCUT2D eigenvalue weighted by Crippen LogP contribution is -2.03. The average Bonchev–Trinajstić information content (AvgIpc) is 2.93. The highest BCUT2D eigenvalue weighted by Gasteiger charge is 2.10. The molecule has 1 aromatic carbocycles. The highest BCUT2D eigenvalue weighted by Crippen LogP contribution is 2.24. The SMILES string of the molecule is CC(C)c1cc2c(Nc3ccccc3CN)nccn2n1. The summed E-state index contributed by atoms with van der Waals surface area (Å²) in [7, 11) is 0. The van der Waals surface area contributed by atoms with Crippen LogP contribution in [0.15, 0.2) is 42.7 Å². The number of aromatic nitrogens is 3. The number of nitrogens with two attached hydrogens (primary N) is 1. The molecule has 3 aromatic rings. The number of para-hydroxylation sites is 1. The van der Waals surface area contributed by atoms with Gasteiger partial charge in [-0.25, -0.2) is 9.50 Å². The van der Waals surface area contributed by atoms with Gasteiger partial charge in [0.25, 0.3) is 0 Å². The molecule has 3 rings (SSSR count). The first-order valence-electron chi connectivity index (χ1n) is 7.08. The van der Waals surface area contributed by atoms with Gasteiger partial charge >= 0.3 is 0 Å². The van der Waals surface area contributed by atoms with Crippen molar-refractivity contribution in [3.05, 3.63) is 54.0 Å². The van der Waals surface area contributed by atoms with E-state index in [-0.39, 0.29) is 0 Å². The molecule has 0 amide bonds. The third-order valence-corrected chi connectivity index (χ3v) is 3.49. The van der Waals surface area contributed by atoms with Crippen molar-refractivity contribution in [2.75, 3.05) is 5.32 Å². The molecule has 3 N–H and O–H groups in total. The molecule has 2 heterocycles. The first kappa shape index (κ1) is 13.6. The summed E-state index contributed by atoms with van der Waals surface area (Å²) in [6.07, 6.45) is 3.61. The van der Waals surface area contributed by atoms with E-state index < -0.39 is 0 Å². The third-order valence-electron chi connectivity index (χ3n) is 3.49. The van der Waals surface area contributed by atoms with Crippen molar-refractivity contribution < 1.29 is 0 Å². The zero-order valence-electron chi connectivity index (χ0n) is 12.2. The van der Waals surface area contributed by atoms with Crippen LogP contribution in [0.2, 0.25) is 0 Å². The van der Waals surface area contributed by atoms with Crippen molar-refractivity contribution >= 4 is 17.0 Å². The summed E-state index contributed by atoms with van der Waals surface area (Å²) in [6.45, 7) is 4.75. The van der Waals surface area contributed by atoms with Crippen LogP contribution in [0.5, 0.6) is 0 Å². The first-order valence-corrected chi connectivity index (χ1v) is 7.08. The monoisotopic (exact) mass is 281 g/mol. The van der Waals surface area contributed by atoms with Crippen LogP contribution in [0, 0.1) is 0 Å². The van der Waals surface area contributed by atoms with E-state index in [1.807, 2.05) is 35.0 Å². The molecule has 0 atom stereocenters. The molecule has 108 valence electrons. The number of benzene rings is 1. The van der Waals surface area contributed by atoms with E-state index in [9.17, 15) is 0 Å². The highest BCUT2D eigenvalue weighted by molar-refractivity contribution is 5.74. The van der Waals surface area contributed by atoms with E-state index in [0.29, 0.717) is 12.5 Å². The van der Waals surface area contributed by atoms with Gasteiger partial charge in [0.1, 0.15) is 5.52 Å². The molecule has 0 aliphatic rings. The van der Waals surface area contributed by atoms with Gasteiger partial charge in [-0.2, -0.15) is 5.10 Å². The Morgan fingerprint density at radius 2 is 2.10 bits per heavy atom. The Balaban J connectivity index is 2.04. The smallest absolute Gasteiger partial charge is 0.156 e. The molecule has 0 saturated heterocycles. The Labute approximate surface area is 123 Å². The second kappa shape index (κ2) is 5.54. The van der Waals surface area contributed by atoms with Crippen molar-refractivity contribution in [1.29, 1.82) is 0 Å². The molecule has 21 heavy (non-hydrogen) atoms. The highest BCUT2D eigenvalue weighted by atomic mass is 15.2. The van der Waals surface area contributed by atoms with E-state index in [2.05, 4.69) is 35.3 Å². The summed E-state index contributed by atoms with van der Waals surface area (Å²) in [5.41, 5.74) is 9.84. The maximum atomic E-state index is 5.78. The molecule has 0 spiro atoms. The van der Waals surface area contributed by atoms with Crippen LogP contribution in [0.25, 0.3) is 5.52 Å². The second-order valence-corrected chi connectivity index (χ2v) is 5.32. The van der Waals surface area contributed by atoms with Gasteiger partial charge in [0.05, 0.1) is 5.69 Å². The predicted molar refractivity (Wildman–Crippen MR) is 84.7 cm³/mol. The largest absolute Gasteiger partial charge is 0.338 e. The van der Waals surface area contributed by atoms with Gasteiger partial charge in [0.15, 0.2) is 5.82 Å². The number of rotatable bonds is 4. The maximum absolute atomic E-state index is 5.78. The van der Waals surface area contributed by atoms with Gasteiger partial charge in [0.2, 0.25) is 0 Å². The van der Waals surface area contributed by atoms with Gasteiger partial charge < -0.3 is 11.1 Å². The molecular weight excluding hydrogens is 262 g/mol. The third kappa shape index (κ3) is 2.60. The van der Waals surface area contributed by atoms with Crippen molar-refractivity contribution in [1.82, 2.24) is 14.6 Å².